The fourth-order valence-corrected chi connectivity index (χ4v) is 5.89. The van der Waals surface area contributed by atoms with Crippen LogP contribution in [-0.2, 0) is 37.9 Å². The number of aryl methyl sites for hydroxylation is 1. The average molecular weight is 522 g/mol. The smallest absolute Gasteiger partial charge is 0.343 e. The number of nitrogens with zero attached hydrogens (tertiary/aromatic N) is 3. The van der Waals surface area contributed by atoms with Crippen LogP contribution in [0.15, 0.2) is 23.0 Å². The number of halogens is 1. The maximum absolute atomic E-state index is 14.7. The molecule has 2 aromatic heterocycles. The first-order valence-electron chi connectivity index (χ1n) is 12.3. The predicted molar refractivity (Wildman–Crippen MR) is 130 cm³/mol. The minimum absolute atomic E-state index is 0.0198. The Morgan fingerprint density at radius 3 is 2.61 bits per heavy atom. The molecule has 0 radical (unpaired) electrons. The second-order valence-corrected chi connectivity index (χ2v) is 10.1. The van der Waals surface area contributed by atoms with Crippen LogP contribution >= 0.6 is 0 Å². The van der Waals surface area contributed by atoms with Gasteiger partial charge in [-0.05, 0) is 43.5 Å². The third-order valence-corrected chi connectivity index (χ3v) is 7.98. The lowest BCUT2D eigenvalue weighted by Crippen LogP contribution is -2.44. The fraction of sp³-hybridized carbons (Fsp3) is 0.370. The Balaban J connectivity index is 1.65. The van der Waals surface area contributed by atoms with E-state index in [2.05, 4.69) is 4.98 Å². The van der Waals surface area contributed by atoms with E-state index in [-0.39, 0.29) is 42.6 Å². The van der Waals surface area contributed by atoms with Crippen molar-refractivity contribution in [3.63, 3.8) is 0 Å². The molecule has 1 saturated heterocycles. The number of cyclic esters (lactones) is 1. The summed E-state index contributed by atoms with van der Waals surface area (Å²) in [6.07, 6.45) is -1.80. The molecule has 5 heterocycles. The lowest BCUT2D eigenvalue weighted by Gasteiger charge is -2.31. The van der Waals surface area contributed by atoms with Gasteiger partial charge in [-0.15, -0.1) is 0 Å². The Hall–Kier alpha value is -3.96. The Bertz CT molecular complexity index is 1680. The molecule has 1 fully saturated rings. The van der Waals surface area contributed by atoms with E-state index in [9.17, 15) is 33.8 Å². The first-order chi connectivity index (χ1) is 18.0. The van der Waals surface area contributed by atoms with Crippen LogP contribution in [0.4, 0.5) is 4.39 Å². The number of benzene rings is 1. The van der Waals surface area contributed by atoms with Crippen molar-refractivity contribution >= 4 is 28.7 Å². The number of likely N-dealkylation sites (tertiary alicyclic amines) is 1. The highest BCUT2D eigenvalue weighted by Crippen LogP contribution is 2.43. The SMILES string of the molecule is CC[C@@]1(O)C(=O)OCc2c1cc1n(c2=O)Cc2c-1nc1cc(F)c(C)cc1c2[C@H](C)N1C(=O)CC(O)C1=O. The molecule has 0 spiro atoms. The first-order valence-corrected chi connectivity index (χ1v) is 12.3. The maximum atomic E-state index is 14.7. The largest absolute Gasteiger partial charge is 0.458 e. The van der Waals surface area contributed by atoms with E-state index in [0.717, 1.165) is 4.90 Å². The number of amides is 2. The highest BCUT2D eigenvalue weighted by Gasteiger charge is 2.46. The van der Waals surface area contributed by atoms with Gasteiger partial charge >= 0.3 is 5.97 Å². The summed E-state index contributed by atoms with van der Waals surface area (Å²) in [5.74, 6) is -2.62. The van der Waals surface area contributed by atoms with Crippen molar-refractivity contribution < 1.29 is 33.7 Å². The summed E-state index contributed by atoms with van der Waals surface area (Å²) in [6, 6.07) is 3.53. The van der Waals surface area contributed by atoms with Crippen LogP contribution in [0.1, 0.15) is 60.5 Å². The number of pyridine rings is 2. The van der Waals surface area contributed by atoms with E-state index in [1.165, 1.54) is 10.6 Å². The molecule has 3 aliphatic rings. The molecule has 1 aromatic carbocycles. The van der Waals surface area contributed by atoms with E-state index in [1.807, 2.05) is 0 Å². The number of fused-ring (bicyclic) bond motifs is 5. The number of carbonyl (C=O) groups excluding carboxylic acids is 3. The lowest BCUT2D eigenvalue weighted by molar-refractivity contribution is -0.172. The Morgan fingerprint density at radius 2 is 1.95 bits per heavy atom. The molecule has 0 bridgehead atoms. The molecule has 1 unspecified atom stereocenters. The maximum Gasteiger partial charge on any atom is 0.343 e. The van der Waals surface area contributed by atoms with Gasteiger partial charge in [-0.25, -0.2) is 14.2 Å². The highest BCUT2D eigenvalue weighted by molar-refractivity contribution is 6.05. The number of aliphatic hydroxyl groups is 2. The number of aromatic nitrogens is 2. The molecule has 0 saturated carbocycles. The van der Waals surface area contributed by atoms with Gasteiger partial charge in [0.05, 0.1) is 41.5 Å². The van der Waals surface area contributed by atoms with Crippen molar-refractivity contribution in [1.29, 1.82) is 0 Å². The predicted octanol–water partition coefficient (Wildman–Crippen LogP) is 1.71. The number of imide groups is 1. The van der Waals surface area contributed by atoms with Crippen molar-refractivity contribution in [2.75, 3.05) is 0 Å². The Labute approximate surface area is 215 Å². The lowest BCUT2D eigenvalue weighted by atomic mass is 9.86. The van der Waals surface area contributed by atoms with Gasteiger partial charge in [0.1, 0.15) is 18.5 Å². The molecular formula is C27H24FN3O7. The van der Waals surface area contributed by atoms with E-state index in [0.29, 0.717) is 33.5 Å². The first kappa shape index (κ1) is 24.4. The molecule has 3 atom stereocenters. The van der Waals surface area contributed by atoms with Crippen LogP contribution in [0.3, 0.4) is 0 Å². The van der Waals surface area contributed by atoms with Gasteiger partial charge in [0, 0.05) is 22.6 Å². The summed E-state index contributed by atoms with van der Waals surface area (Å²) in [4.78, 5) is 57.1. The molecule has 196 valence electrons. The number of hydrogen-bond donors (Lipinski definition) is 2. The number of esters is 1. The molecule has 38 heavy (non-hydrogen) atoms. The zero-order chi connectivity index (χ0) is 27.3. The number of ether oxygens (including phenoxy) is 1. The Kier molecular flexibility index (Phi) is 5.14. The van der Waals surface area contributed by atoms with Crippen molar-refractivity contribution in [3.8, 4) is 11.4 Å². The van der Waals surface area contributed by atoms with Crippen LogP contribution in [0.2, 0.25) is 0 Å². The third kappa shape index (κ3) is 3.08. The van der Waals surface area contributed by atoms with Crippen LogP contribution in [-0.4, -0.2) is 48.6 Å². The average Bonchev–Trinajstić information content (AvgIpc) is 3.36. The van der Waals surface area contributed by atoms with Gasteiger partial charge < -0.3 is 19.5 Å². The van der Waals surface area contributed by atoms with E-state index in [1.54, 1.807) is 32.9 Å². The fourth-order valence-electron chi connectivity index (χ4n) is 5.89. The van der Waals surface area contributed by atoms with Crippen molar-refractivity contribution in [3.05, 3.63) is 62.2 Å². The second-order valence-electron chi connectivity index (χ2n) is 10.1. The van der Waals surface area contributed by atoms with Crippen LogP contribution in [0, 0.1) is 12.7 Å². The van der Waals surface area contributed by atoms with Crippen molar-refractivity contribution in [2.45, 2.75) is 64.5 Å². The minimum atomic E-state index is -2.01. The summed E-state index contributed by atoms with van der Waals surface area (Å²) in [5.41, 5.74) is 0.0817. The molecular weight excluding hydrogens is 497 g/mol. The number of aliphatic hydroxyl groups excluding tert-OH is 1. The zero-order valence-electron chi connectivity index (χ0n) is 20.9. The van der Waals surface area contributed by atoms with E-state index in [4.69, 9.17) is 4.74 Å². The van der Waals surface area contributed by atoms with Gasteiger partial charge in [0.2, 0.25) is 5.91 Å². The van der Waals surface area contributed by atoms with Crippen LogP contribution < -0.4 is 5.56 Å². The zero-order valence-corrected chi connectivity index (χ0v) is 20.9. The van der Waals surface area contributed by atoms with Gasteiger partial charge in [0.25, 0.3) is 11.5 Å². The molecule has 10 nitrogen and oxygen atoms in total. The van der Waals surface area contributed by atoms with Gasteiger partial charge in [-0.1, -0.05) is 6.92 Å². The molecule has 3 aliphatic heterocycles. The standard InChI is InChI=1S/C27H24FN3O7/c1-4-27(37)16-6-19-23-14(9-30(19)24(34)15(16)10-38-26(27)36)22(12(3)31-21(33)8-20(32)25(31)35)13-5-11(2)17(28)7-18(13)29-23/h5-7,12,20,32,37H,4,8-10H2,1-3H3/t12-,20?,27-/m0/s1. The van der Waals surface area contributed by atoms with E-state index < -0.39 is 46.9 Å². The second kappa shape index (κ2) is 8.02. The molecule has 2 amide bonds. The molecule has 11 heteroatoms. The number of carbonyl (C=O) groups is 3. The van der Waals surface area contributed by atoms with Crippen molar-refractivity contribution in [1.82, 2.24) is 14.5 Å². The number of rotatable bonds is 3. The van der Waals surface area contributed by atoms with Crippen molar-refractivity contribution in [2.24, 2.45) is 0 Å². The van der Waals surface area contributed by atoms with Gasteiger partial charge in [-0.2, -0.15) is 0 Å². The number of hydrogen-bond acceptors (Lipinski definition) is 8. The summed E-state index contributed by atoms with van der Waals surface area (Å²) >= 11 is 0. The van der Waals surface area contributed by atoms with Crippen LogP contribution in [0.5, 0.6) is 0 Å². The highest BCUT2D eigenvalue weighted by atomic mass is 19.1. The van der Waals surface area contributed by atoms with Crippen LogP contribution in [0.25, 0.3) is 22.3 Å². The molecule has 0 aliphatic carbocycles. The summed E-state index contributed by atoms with van der Waals surface area (Å²) < 4.78 is 21.2. The monoisotopic (exact) mass is 521 g/mol. The van der Waals surface area contributed by atoms with E-state index >= 15 is 0 Å². The molecule has 6 rings (SSSR count). The quantitative estimate of drug-likeness (QED) is 0.307. The minimum Gasteiger partial charge on any atom is -0.458 e. The normalized spacial score (nSPS) is 22.9. The Morgan fingerprint density at radius 1 is 1.21 bits per heavy atom. The summed E-state index contributed by atoms with van der Waals surface area (Å²) in [6.45, 7) is 4.57. The topological polar surface area (TPSA) is 139 Å². The summed E-state index contributed by atoms with van der Waals surface area (Å²) in [5, 5.41) is 21.7. The third-order valence-electron chi connectivity index (χ3n) is 7.98. The molecule has 2 N–H and O–H groups in total. The molecule has 3 aromatic rings. The van der Waals surface area contributed by atoms with Gasteiger partial charge in [-0.3, -0.25) is 19.3 Å². The van der Waals surface area contributed by atoms with Gasteiger partial charge in [0.15, 0.2) is 5.60 Å². The summed E-state index contributed by atoms with van der Waals surface area (Å²) in [7, 11) is 0.